The number of furan rings is 1. The Labute approximate surface area is 165 Å². The molecule has 0 saturated carbocycles. The van der Waals surface area contributed by atoms with E-state index in [1.807, 2.05) is 6.07 Å². The highest BCUT2D eigenvalue weighted by atomic mass is 16.6. The van der Waals surface area contributed by atoms with Gasteiger partial charge in [0.15, 0.2) is 0 Å². The van der Waals surface area contributed by atoms with Crippen LogP contribution in [0.15, 0.2) is 63.6 Å². The molecule has 1 unspecified atom stereocenters. The van der Waals surface area contributed by atoms with Crippen LogP contribution in [0, 0.1) is 21.4 Å². The maximum absolute atomic E-state index is 12.5. The number of carbonyl (C=O) groups excluding carboxylic acids is 1. The molecule has 0 amide bonds. The van der Waals surface area contributed by atoms with Crippen molar-refractivity contribution in [1.29, 1.82) is 5.26 Å². The topological polar surface area (TPSA) is 142 Å². The molecule has 9 heteroatoms. The van der Waals surface area contributed by atoms with Gasteiger partial charge in [0, 0.05) is 6.07 Å². The number of para-hydroxylation sites is 1. The molecular weight excluding hydrogens is 378 g/mol. The van der Waals surface area contributed by atoms with Gasteiger partial charge in [-0.05, 0) is 32.0 Å². The molecule has 1 aromatic heterocycles. The second-order valence-corrected chi connectivity index (χ2v) is 6.09. The first-order chi connectivity index (χ1) is 13.9. The van der Waals surface area contributed by atoms with Crippen molar-refractivity contribution in [3.63, 3.8) is 0 Å². The van der Waals surface area contributed by atoms with E-state index in [2.05, 4.69) is 0 Å². The summed E-state index contributed by atoms with van der Waals surface area (Å²) < 4.78 is 16.3. The lowest BCUT2D eigenvalue weighted by Gasteiger charge is -2.25. The van der Waals surface area contributed by atoms with E-state index in [-0.39, 0.29) is 52.2 Å². The summed E-state index contributed by atoms with van der Waals surface area (Å²) in [6.07, 6.45) is 0. The largest absolute Gasteiger partial charge is 0.463 e. The molecule has 1 atom stereocenters. The number of nitriles is 1. The van der Waals surface area contributed by atoms with Crippen LogP contribution in [0.3, 0.4) is 0 Å². The van der Waals surface area contributed by atoms with E-state index in [0.29, 0.717) is 0 Å². The number of nitrogens with two attached hydrogens (primary N) is 1. The highest BCUT2D eigenvalue weighted by Gasteiger charge is 2.38. The molecule has 0 spiro atoms. The lowest BCUT2D eigenvalue weighted by molar-refractivity contribution is -0.384. The van der Waals surface area contributed by atoms with Crippen LogP contribution in [0.5, 0.6) is 0 Å². The molecule has 148 valence electrons. The van der Waals surface area contributed by atoms with E-state index < -0.39 is 16.8 Å². The molecule has 3 rings (SSSR count). The Kier molecular flexibility index (Phi) is 5.36. The molecule has 1 aliphatic heterocycles. The molecule has 0 saturated heterocycles. The lowest BCUT2D eigenvalue weighted by Crippen LogP contribution is -2.25. The SMILES string of the molecule is CCOC(=O)C1=C(C)OC(N)=C(C#N)C1c1ccc(-c2ccccc2[N+](=O)[O-])o1. The van der Waals surface area contributed by atoms with E-state index in [1.165, 1.54) is 19.1 Å². The minimum Gasteiger partial charge on any atom is -0.463 e. The Bertz CT molecular complexity index is 1090. The summed E-state index contributed by atoms with van der Waals surface area (Å²) in [5.41, 5.74) is 6.05. The molecule has 2 N–H and O–H groups in total. The number of nitro groups is 1. The Morgan fingerprint density at radius 3 is 2.72 bits per heavy atom. The fraction of sp³-hybridized carbons (Fsp3) is 0.200. The van der Waals surface area contributed by atoms with Crippen LogP contribution in [-0.2, 0) is 14.3 Å². The van der Waals surface area contributed by atoms with Gasteiger partial charge in [0.25, 0.3) is 5.69 Å². The quantitative estimate of drug-likeness (QED) is 0.460. The number of hydrogen-bond donors (Lipinski definition) is 1. The van der Waals surface area contributed by atoms with Gasteiger partial charge in [-0.2, -0.15) is 5.26 Å². The van der Waals surface area contributed by atoms with E-state index in [1.54, 1.807) is 31.2 Å². The fourth-order valence-corrected chi connectivity index (χ4v) is 3.13. The zero-order valence-electron chi connectivity index (χ0n) is 15.7. The number of nitro benzene ring substituents is 1. The lowest BCUT2D eigenvalue weighted by atomic mass is 9.87. The minimum absolute atomic E-state index is 0.0119. The van der Waals surface area contributed by atoms with Crippen LogP contribution >= 0.6 is 0 Å². The maximum atomic E-state index is 12.5. The van der Waals surface area contributed by atoms with Gasteiger partial charge in [-0.3, -0.25) is 10.1 Å². The van der Waals surface area contributed by atoms with Gasteiger partial charge in [0.05, 0.1) is 28.6 Å². The average molecular weight is 395 g/mol. The molecule has 1 aromatic carbocycles. The zero-order valence-corrected chi connectivity index (χ0v) is 15.7. The van der Waals surface area contributed by atoms with Crippen LogP contribution in [0.1, 0.15) is 25.5 Å². The van der Waals surface area contributed by atoms with Gasteiger partial charge in [-0.15, -0.1) is 0 Å². The van der Waals surface area contributed by atoms with Crippen molar-refractivity contribution >= 4 is 11.7 Å². The summed E-state index contributed by atoms with van der Waals surface area (Å²) in [5.74, 6) is -1.15. The van der Waals surface area contributed by atoms with Gasteiger partial charge >= 0.3 is 5.97 Å². The predicted molar refractivity (Wildman–Crippen MR) is 101 cm³/mol. The molecule has 2 aromatic rings. The molecule has 9 nitrogen and oxygen atoms in total. The van der Waals surface area contributed by atoms with Gasteiger partial charge in [-0.1, -0.05) is 12.1 Å². The summed E-state index contributed by atoms with van der Waals surface area (Å²) in [6.45, 7) is 3.32. The van der Waals surface area contributed by atoms with Crippen molar-refractivity contribution in [2.45, 2.75) is 19.8 Å². The smallest absolute Gasteiger partial charge is 0.338 e. The number of nitrogens with zero attached hydrogens (tertiary/aromatic N) is 2. The molecule has 0 fully saturated rings. The summed E-state index contributed by atoms with van der Waals surface area (Å²) >= 11 is 0. The molecule has 0 aliphatic carbocycles. The first-order valence-corrected chi connectivity index (χ1v) is 8.68. The van der Waals surface area contributed by atoms with Crippen LogP contribution < -0.4 is 5.73 Å². The van der Waals surface area contributed by atoms with Crippen molar-refractivity contribution in [3.8, 4) is 17.4 Å². The van der Waals surface area contributed by atoms with Crippen LogP contribution in [0.4, 0.5) is 5.69 Å². The number of carbonyl (C=O) groups is 1. The summed E-state index contributed by atoms with van der Waals surface area (Å²) in [4.78, 5) is 23.3. The molecule has 0 bridgehead atoms. The van der Waals surface area contributed by atoms with Crippen LogP contribution in [0.2, 0.25) is 0 Å². The van der Waals surface area contributed by atoms with E-state index in [4.69, 9.17) is 19.6 Å². The van der Waals surface area contributed by atoms with Crippen LogP contribution in [0.25, 0.3) is 11.3 Å². The van der Waals surface area contributed by atoms with Crippen molar-refractivity contribution in [2.75, 3.05) is 6.61 Å². The highest BCUT2D eigenvalue weighted by molar-refractivity contribution is 5.92. The van der Waals surface area contributed by atoms with Gasteiger partial charge in [0.2, 0.25) is 5.88 Å². The Hall–Kier alpha value is -4.06. The normalized spacial score (nSPS) is 16.2. The molecule has 1 aliphatic rings. The van der Waals surface area contributed by atoms with Crippen molar-refractivity contribution < 1.29 is 23.6 Å². The molecule has 0 radical (unpaired) electrons. The number of benzene rings is 1. The fourth-order valence-electron chi connectivity index (χ4n) is 3.13. The van der Waals surface area contributed by atoms with Crippen molar-refractivity contribution in [3.05, 3.63) is 75.1 Å². The number of rotatable bonds is 5. The van der Waals surface area contributed by atoms with Crippen molar-refractivity contribution in [2.24, 2.45) is 5.73 Å². The number of allylic oxidation sites excluding steroid dienone is 2. The summed E-state index contributed by atoms with van der Waals surface area (Å²) in [7, 11) is 0. The summed E-state index contributed by atoms with van der Waals surface area (Å²) in [5, 5.41) is 20.9. The van der Waals surface area contributed by atoms with Gasteiger partial charge in [-0.25, -0.2) is 4.79 Å². The Balaban J connectivity index is 2.13. The van der Waals surface area contributed by atoms with Gasteiger partial charge < -0.3 is 19.6 Å². The summed E-state index contributed by atoms with van der Waals surface area (Å²) in [6, 6.07) is 11.1. The number of hydrogen-bond acceptors (Lipinski definition) is 8. The Morgan fingerprint density at radius 1 is 1.34 bits per heavy atom. The van der Waals surface area contributed by atoms with E-state index in [0.717, 1.165) is 0 Å². The third kappa shape index (κ3) is 3.55. The monoisotopic (exact) mass is 395 g/mol. The standard InChI is InChI=1S/C20H17N3O6/c1-3-27-20(24)17-11(2)28-19(22)13(10-21)18(17)16-9-8-15(29-16)12-6-4-5-7-14(12)23(25)26/h4-9,18H,3,22H2,1-2H3. The molecule has 29 heavy (non-hydrogen) atoms. The third-order valence-corrected chi connectivity index (χ3v) is 4.38. The van der Waals surface area contributed by atoms with Gasteiger partial charge in [0.1, 0.15) is 28.9 Å². The highest BCUT2D eigenvalue weighted by Crippen LogP contribution is 2.42. The van der Waals surface area contributed by atoms with E-state index >= 15 is 0 Å². The van der Waals surface area contributed by atoms with E-state index in [9.17, 15) is 20.2 Å². The van der Waals surface area contributed by atoms with Crippen molar-refractivity contribution in [1.82, 2.24) is 0 Å². The zero-order chi connectivity index (χ0) is 21.1. The first-order valence-electron chi connectivity index (χ1n) is 8.68. The third-order valence-electron chi connectivity index (χ3n) is 4.38. The molecular formula is C20H17N3O6. The minimum atomic E-state index is -0.954. The second kappa shape index (κ2) is 7.90. The van der Waals surface area contributed by atoms with Crippen LogP contribution in [-0.4, -0.2) is 17.5 Å². The maximum Gasteiger partial charge on any atom is 0.338 e. The second-order valence-electron chi connectivity index (χ2n) is 6.09. The average Bonchev–Trinajstić information content (AvgIpc) is 3.17. The number of esters is 1. The molecule has 2 heterocycles. The first kappa shape index (κ1) is 19.7. The Morgan fingerprint density at radius 2 is 2.07 bits per heavy atom. The predicted octanol–water partition coefficient (Wildman–Crippen LogP) is 3.50. The number of ether oxygens (including phenoxy) is 2.